The Labute approximate surface area is 83.5 Å². The molecule has 0 aromatic carbocycles. The van der Waals surface area contributed by atoms with Gasteiger partial charge < -0.3 is 5.11 Å². The summed E-state index contributed by atoms with van der Waals surface area (Å²) in [5.74, 6) is 0.848. The molecule has 1 nitrogen and oxygen atoms in total. The van der Waals surface area contributed by atoms with Crippen molar-refractivity contribution in [3.05, 3.63) is 0 Å². The molecule has 0 aliphatic heterocycles. The van der Waals surface area contributed by atoms with Gasteiger partial charge in [0.1, 0.15) is 0 Å². The summed E-state index contributed by atoms with van der Waals surface area (Å²) in [6, 6.07) is 0. The first kappa shape index (κ1) is 13.0. The van der Waals surface area contributed by atoms with E-state index in [1.807, 2.05) is 0 Å². The fraction of sp³-hybridized carbons (Fsp3) is 1.00. The third-order valence-corrected chi connectivity index (χ3v) is 2.92. The Hall–Kier alpha value is -0.0400. The van der Waals surface area contributed by atoms with Crippen molar-refractivity contribution in [3.63, 3.8) is 0 Å². The summed E-state index contributed by atoms with van der Waals surface area (Å²) in [6.07, 6.45) is 8.33. The average Bonchev–Trinajstić information content (AvgIpc) is 2.17. The molecule has 0 aliphatic carbocycles. The molecule has 0 fully saturated rings. The monoisotopic (exact) mass is 186 g/mol. The molecule has 0 heterocycles. The van der Waals surface area contributed by atoms with E-state index in [1.54, 1.807) is 0 Å². The predicted octanol–water partition coefficient (Wildman–Crippen LogP) is 3.75. The second kappa shape index (κ2) is 8.55. The summed E-state index contributed by atoms with van der Waals surface area (Å²) in [6.45, 7) is 6.56. The van der Waals surface area contributed by atoms with Gasteiger partial charge in [0, 0.05) is 0 Å². The molecule has 0 saturated heterocycles. The molecular weight excluding hydrogens is 160 g/mol. The van der Waals surface area contributed by atoms with Gasteiger partial charge in [-0.25, -0.2) is 0 Å². The maximum Gasteiger partial charge on any atom is 0.0537 e. The van der Waals surface area contributed by atoms with Crippen LogP contribution in [-0.4, -0.2) is 11.2 Å². The van der Waals surface area contributed by atoms with Crippen LogP contribution >= 0.6 is 0 Å². The highest BCUT2D eigenvalue weighted by Crippen LogP contribution is 2.19. The smallest absolute Gasteiger partial charge is 0.0537 e. The maximum absolute atomic E-state index is 9.43. The van der Waals surface area contributed by atoms with E-state index in [4.69, 9.17) is 0 Å². The first-order chi connectivity index (χ1) is 6.24. The van der Waals surface area contributed by atoms with Crippen LogP contribution in [0.1, 0.15) is 65.7 Å². The molecule has 13 heavy (non-hydrogen) atoms. The number of rotatable bonds is 8. The summed E-state index contributed by atoms with van der Waals surface area (Å²) in [7, 11) is 0. The minimum atomic E-state index is -0.0596. The van der Waals surface area contributed by atoms with Crippen LogP contribution in [0.15, 0.2) is 0 Å². The van der Waals surface area contributed by atoms with Crippen LogP contribution < -0.4 is 0 Å². The highest BCUT2D eigenvalue weighted by molar-refractivity contribution is 4.61. The molecule has 0 spiro atoms. The highest BCUT2D eigenvalue weighted by atomic mass is 16.3. The average molecular weight is 186 g/mol. The number of unbranched alkanes of at least 4 members (excludes halogenated alkanes) is 1. The van der Waals surface area contributed by atoms with E-state index in [1.165, 1.54) is 32.1 Å². The van der Waals surface area contributed by atoms with E-state index in [9.17, 15) is 5.11 Å². The molecule has 80 valence electrons. The lowest BCUT2D eigenvalue weighted by molar-refractivity contribution is 0.148. The van der Waals surface area contributed by atoms with Gasteiger partial charge in [-0.05, 0) is 25.2 Å². The molecular formula is C12H26O. The molecule has 1 heteroatoms. The molecule has 2 atom stereocenters. The van der Waals surface area contributed by atoms with Crippen LogP contribution in [0.3, 0.4) is 0 Å². The van der Waals surface area contributed by atoms with E-state index in [0.717, 1.165) is 18.8 Å². The van der Waals surface area contributed by atoms with Gasteiger partial charge in [-0.3, -0.25) is 0 Å². The van der Waals surface area contributed by atoms with Crippen molar-refractivity contribution in [1.29, 1.82) is 0 Å². The lowest BCUT2D eigenvalue weighted by Gasteiger charge is -2.15. The van der Waals surface area contributed by atoms with Crippen molar-refractivity contribution in [3.8, 4) is 0 Å². The zero-order valence-electron chi connectivity index (χ0n) is 9.55. The zero-order valence-corrected chi connectivity index (χ0v) is 9.55. The van der Waals surface area contributed by atoms with Crippen molar-refractivity contribution in [2.24, 2.45) is 5.92 Å². The molecule has 0 aromatic rings. The van der Waals surface area contributed by atoms with Crippen LogP contribution in [0, 0.1) is 5.92 Å². The van der Waals surface area contributed by atoms with Crippen molar-refractivity contribution >= 4 is 0 Å². The number of hydrogen-bond donors (Lipinski definition) is 1. The Kier molecular flexibility index (Phi) is 8.53. The molecule has 0 aliphatic rings. The molecule has 0 unspecified atom stereocenters. The molecule has 0 radical (unpaired) electrons. The van der Waals surface area contributed by atoms with Crippen LogP contribution in [0.4, 0.5) is 0 Å². The minimum absolute atomic E-state index is 0.0596. The largest absolute Gasteiger partial charge is 0.393 e. The van der Waals surface area contributed by atoms with E-state index < -0.39 is 0 Å². The molecule has 0 rings (SSSR count). The Balaban J connectivity index is 3.46. The SMILES string of the molecule is CCCC[C@H](CC)CC[C@H](O)CC. The number of hydrogen-bond acceptors (Lipinski definition) is 1. The van der Waals surface area contributed by atoms with Crippen LogP contribution in [0.5, 0.6) is 0 Å². The van der Waals surface area contributed by atoms with Crippen LogP contribution in [0.25, 0.3) is 0 Å². The summed E-state index contributed by atoms with van der Waals surface area (Å²) in [5.41, 5.74) is 0. The third kappa shape index (κ3) is 7.06. The lowest BCUT2D eigenvalue weighted by Crippen LogP contribution is -2.08. The Bertz CT molecular complexity index is 101. The first-order valence-corrected chi connectivity index (χ1v) is 5.92. The Morgan fingerprint density at radius 2 is 1.62 bits per heavy atom. The fourth-order valence-corrected chi connectivity index (χ4v) is 1.68. The summed E-state index contributed by atoms with van der Waals surface area (Å²) in [5, 5.41) is 9.43. The Morgan fingerprint density at radius 1 is 0.923 bits per heavy atom. The van der Waals surface area contributed by atoms with Crippen molar-refractivity contribution < 1.29 is 5.11 Å². The van der Waals surface area contributed by atoms with Gasteiger partial charge in [0.05, 0.1) is 6.10 Å². The van der Waals surface area contributed by atoms with Gasteiger partial charge >= 0.3 is 0 Å². The van der Waals surface area contributed by atoms with E-state index >= 15 is 0 Å². The highest BCUT2D eigenvalue weighted by Gasteiger charge is 2.08. The van der Waals surface area contributed by atoms with Gasteiger partial charge in [0.15, 0.2) is 0 Å². The fourth-order valence-electron chi connectivity index (χ4n) is 1.68. The van der Waals surface area contributed by atoms with Crippen molar-refractivity contribution in [2.75, 3.05) is 0 Å². The summed E-state index contributed by atoms with van der Waals surface area (Å²) < 4.78 is 0. The summed E-state index contributed by atoms with van der Waals surface area (Å²) in [4.78, 5) is 0. The second-order valence-electron chi connectivity index (χ2n) is 4.06. The van der Waals surface area contributed by atoms with Gasteiger partial charge in [0.2, 0.25) is 0 Å². The summed E-state index contributed by atoms with van der Waals surface area (Å²) >= 11 is 0. The molecule has 0 aromatic heterocycles. The molecule has 0 bridgehead atoms. The second-order valence-corrected chi connectivity index (χ2v) is 4.06. The van der Waals surface area contributed by atoms with Gasteiger partial charge in [-0.1, -0.05) is 46.5 Å². The Morgan fingerprint density at radius 3 is 2.08 bits per heavy atom. The minimum Gasteiger partial charge on any atom is -0.393 e. The topological polar surface area (TPSA) is 20.2 Å². The van der Waals surface area contributed by atoms with Gasteiger partial charge in [-0.15, -0.1) is 0 Å². The number of aliphatic hydroxyl groups is 1. The van der Waals surface area contributed by atoms with E-state index in [2.05, 4.69) is 20.8 Å². The molecule has 1 N–H and O–H groups in total. The maximum atomic E-state index is 9.43. The normalized spacial score (nSPS) is 15.7. The zero-order chi connectivity index (χ0) is 10.1. The predicted molar refractivity (Wildman–Crippen MR) is 58.8 cm³/mol. The quantitative estimate of drug-likeness (QED) is 0.612. The van der Waals surface area contributed by atoms with E-state index in [-0.39, 0.29) is 6.10 Å². The van der Waals surface area contributed by atoms with E-state index in [0.29, 0.717) is 0 Å². The standard InChI is InChI=1S/C12H26O/c1-4-7-8-11(5-2)9-10-12(13)6-3/h11-13H,4-10H2,1-3H3/t11-,12+/m0/s1. The molecule has 0 saturated carbocycles. The molecule has 0 amide bonds. The van der Waals surface area contributed by atoms with Crippen LogP contribution in [-0.2, 0) is 0 Å². The first-order valence-electron chi connectivity index (χ1n) is 5.92. The lowest BCUT2D eigenvalue weighted by atomic mass is 9.93. The van der Waals surface area contributed by atoms with Gasteiger partial charge in [-0.2, -0.15) is 0 Å². The third-order valence-electron chi connectivity index (χ3n) is 2.92. The van der Waals surface area contributed by atoms with Crippen LogP contribution in [0.2, 0.25) is 0 Å². The van der Waals surface area contributed by atoms with Crippen molar-refractivity contribution in [1.82, 2.24) is 0 Å². The van der Waals surface area contributed by atoms with Crippen molar-refractivity contribution in [2.45, 2.75) is 71.8 Å². The van der Waals surface area contributed by atoms with Gasteiger partial charge in [0.25, 0.3) is 0 Å². The number of aliphatic hydroxyl groups excluding tert-OH is 1.